The summed E-state index contributed by atoms with van der Waals surface area (Å²) in [6, 6.07) is 16.4. The molecule has 0 unspecified atom stereocenters. The van der Waals surface area contributed by atoms with Gasteiger partial charge in [-0.3, -0.25) is 0 Å². The summed E-state index contributed by atoms with van der Waals surface area (Å²) in [4.78, 5) is 35.7. The number of piperidine rings is 3. The number of para-hydroxylation sites is 1. The number of esters is 1. The summed E-state index contributed by atoms with van der Waals surface area (Å²) in [6.07, 6.45) is -3.48. The van der Waals surface area contributed by atoms with Crippen LogP contribution in [0.4, 0.5) is 23.7 Å². The molecule has 5 heterocycles. The number of hydrogen-bond donors (Lipinski definition) is 3. The molecule has 3 aromatic rings. The maximum atomic E-state index is 13.5. The summed E-state index contributed by atoms with van der Waals surface area (Å²) in [7, 11) is 0. The molecule has 9 nitrogen and oxygen atoms in total. The van der Waals surface area contributed by atoms with Gasteiger partial charge < -0.3 is 34.9 Å². The number of carboxylic acids is 1. The van der Waals surface area contributed by atoms with Crippen LogP contribution >= 0.6 is 22.7 Å². The van der Waals surface area contributed by atoms with Crippen LogP contribution in [0.5, 0.6) is 0 Å². The molecule has 1 aromatic carbocycles. The molecular weight excluding hydrogens is 595 g/mol. The molecule has 3 aliphatic heterocycles. The van der Waals surface area contributed by atoms with Gasteiger partial charge in [0.25, 0.3) is 0 Å². The van der Waals surface area contributed by atoms with Gasteiger partial charge in [-0.2, -0.15) is 13.2 Å². The van der Waals surface area contributed by atoms with E-state index in [-0.39, 0.29) is 12.1 Å². The highest BCUT2D eigenvalue weighted by Gasteiger charge is 2.51. The largest absolute Gasteiger partial charge is 0.542 e. The van der Waals surface area contributed by atoms with E-state index in [1.165, 1.54) is 22.7 Å². The molecule has 0 saturated carbocycles. The summed E-state index contributed by atoms with van der Waals surface area (Å²) >= 11 is 2.71. The number of carbonyl (C=O) groups is 3. The van der Waals surface area contributed by atoms with Crippen molar-refractivity contribution in [3.8, 4) is 0 Å². The van der Waals surface area contributed by atoms with Crippen LogP contribution in [0.1, 0.15) is 22.6 Å². The number of rotatable bonds is 8. The second-order valence-electron chi connectivity index (χ2n) is 10.2. The van der Waals surface area contributed by atoms with Crippen LogP contribution in [0.2, 0.25) is 0 Å². The number of fused-ring (bicyclic) bond motifs is 3. The lowest BCUT2D eigenvalue weighted by Gasteiger charge is -2.52. The van der Waals surface area contributed by atoms with Crippen LogP contribution in [0.3, 0.4) is 0 Å². The first kappa shape index (κ1) is 31.5. The van der Waals surface area contributed by atoms with Gasteiger partial charge in [-0.25, -0.2) is 9.59 Å². The number of halogens is 3. The maximum absolute atomic E-state index is 13.5. The Kier molecular flexibility index (Phi) is 9.92. The van der Waals surface area contributed by atoms with Crippen LogP contribution in [0, 0.1) is 5.92 Å². The maximum Gasteiger partial charge on any atom is 0.430 e. The number of alkyl halides is 3. The molecule has 3 saturated heterocycles. The fourth-order valence-electron chi connectivity index (χ4n) is 5.29. The molecule has 2 aromatic heterocycles. The van der Waals surface area contributed by atoms with Crippen LogP contribution in [0.25, 0.3) is 0 Å². The number of carbonyl (C=O) groups excluding carboxylic acids is 3. The van der Waals surface area contributed by atoms with Crippen LogP contribution < -0.4 is 15.7 Å². The molecule has 14 heteroatoms. The first-order valence-corrected chi connectivity index (χ1v) is 14.9. The second kappa shape index (κ2) is 13.2. The lowest BCUT2D eigenvalue weighted by molar-refractivity contribution is -0.945. The Labute approximate surface area is 248 Å². The Morgan fingerprint density at radius 3 is 2.05 bits per heavy atom. The average Bonchev–Trinajstić information content (AvgIpc) is 3.69. The highest BCUT2D eigenvalue weighted by Crippen LogP contribution is 2.40. The van der Waals surface area contributed by atoms with Crippen molar-refractivity contribution in [3.63, 3.8) is 0 Å². The number of hydrogen-bond acceptors (Lipinski definition) is 8. The van der Waals surface area contributed by atoms with Crippen molar-refractivity contribution in [1.82, 2.24) is 5.32 Å². The Bertz CT molecular complexity index is 1290. The van der Waals surface area contributed by atoms with Gasteiger partial charge in [-0.15, -0.1) is 22.7 Å². The number of thiophene rings is 2. The third-order valence-corrected chi connectivity index (χ3v) is 9.44. The highest BCUT2D eigenvalue weighted by atomic mass is 32.1. The van der Waals surface area contributed by atoms with Crippen molar-refractivity contribution in [2.45, 2.75) is 30.7 Å². The fraction of sp³-hybridized carbons (Fsp3) is 0.393. The van der Waals surface area contributed by atoms with Gasteiger partial charge in [0.1, 0.15) is 12.5 Å². The van der Waals surface area contributed by atoms with Crippen molar-refractivity contribution in [2.75, 3.05) is 38.0 Å². The molecule has 6 rings (SSSR count). The van der Waals surface area contributed by atoms with E-state index < -0.39 is 23.7 Å². The van der Waals surface area contributed by atoms with Crippen LogP contribution in [0.15, 0.2) is 65.4 Å². The van der Waals surface area contributed by atoms with Crippen LogP contribution in [-0.2, 0) is 19.9 Å². The molecule has 226 valence electrons. The molecule has 1 atom stereocenters. The van der Waals surface area contributed by atoms with Crippen molar-refractivity contribution < 1.29 is 47.0 Å². The number of aliphatic hydroxyl groups is 1. The minimum atomic E-state index is -5.19. The molecular formula is C28H30F3N3O6S2. The summed E-state index contributed by atoms with van der Waals surface area (Å²) in [6.45, 7) is 4.06. The lowest BCUT2D eigenvalue weighted by atomic mass is 9.83. The zero-order chi connectivity index (χ0) is 30.4. The van der Waals surface area contributed by atoms with E-state index in [2.05, 4.69) is 10.6 Å². The van der Waals surface area contributed by atoms with Gasteiger partial charge >= 0.3 is 18.2 Å². The van der Waals surface area contributed by atoms with Gasteiger partial charge in [0, 0.05) is 24.4 Å². The lowest BCUT2D eigenvalue weighted by Crippen LogP contribution is -2.66. The Balaban J connectivity index is 0.000000517. The smallest absolute Gasteiger partial charge is 0.430 e. The minimum Gasteiger partial charge on any atom is -0.542 e. The molecule has 42 heavy (non-hydrogen) atoms. The van der Waals surface area contributed by atoms with Gasteiger partial charge in [0.2, 0.25) is 5.60 Å². The number of aliphatic carboxylic acids is 1. The molecule has 0 radical (unpaired) electrons. The number of anilines is 1. The van der Waals surface area contributed by atoms with Crippen molar-refractivity contribution in [2.24, 2.45) is 5.92 Å². The first-order chi connectivity index (χ1) is 19.9. The van der Waals surface area contributed by atoms with Gasteiger partial charge in [0.05, 0.1) is 35.9 Å². The number of benzene rings is 1. The quantitative estimate of drug-likeness (QED) is 0.261. The molecule has 2 bridgehead atoms. The molecule has 2 amide bonds. The van der Waals surface area contributed by atoms with E-state index in [0.29, 0.717) is 28.8 Å². The zero-order valence-corrected chi connectivity index (χ0v) is 24.0. The van der Waals surface area contributed by atoms with E-state index in [1.54, 1.807) is 12.1 Å². The van der Waals surface area contributed by atoms with Gasteiger partial charge in [-0.05, 0) is 35.0 Å². The van der Waals surface area contributed by atoms with Gasteiger partial charge in [-0.1, -0.05) is 30.3 Å². The molecule has 0 aliphatic carbocycles. The van der Waals surface area contributed by atoms with Crippen molar-refractivity contribution in [3.05, 3.63) is 75.1 Å². The Morgan fingerprint density at radius 1 is 0.976 bits per heavy atom. The Hall–Kier alpha value is -3.46. The minimum absolute atomic E-state index is 0.221. The Morgan fingerprint density at radius 2 is 1.55 bits per heavy atom. The van der Waals surface area contributed by atoms with E-state index in [1.807, 2.05) is 53.2 Å². The number of carboxylic acid groups (broad SMARTS) is 1. The normalized spacial score (nSPS) is 21.5. The fourth-order valence-corrected chi connectivity index (χ4v) is 7.00. The third kappa shape index (κ3) is 7.48. The van der Waals surface area contributed by atoms with E-state index in [4.69, 9.17) is 14.6 Å². The number of nitrogens with zero attached hydrogens (tertiary/aromatic N) is 1. The number of ether oxygens (including phenoxy) is 1. The first-order valence-electron chi connectivity index (χ1n) is 13.2. The zero-order valence-electron chi connectivity index (χ0n) is 22.3. The van der Waals surface area contributed by atoms with Gasteiger partial charge in [0.15, 0.2) is 6.10 Å². The summed E-state index contributed by atoms with van der Waals surface area (Å²) in [5, 5.41) is 29.9. The molecule has 3 fully saturated rings. The van der Waals surface area contributed by atoms with E-state index in [9.17, 15) is 27.9 Å². The molecule has 3 aliphatic rings. The second-order valence-corrected chi connectivity index (χ2v) is 12.1. The number of nitrogens with one attached hydrogen (secondary N) is 2. The number of quaternary nitrogens is 1. The predicted octanol–water partition coefficient (Wildman–Crippen LogP) is 3.32. The number of urea groups is 1. The predicted molar refractivity (Wildman–Crippen MR) is 148 cm³/mol. The monoisotopic (exact) mass is 625 g/mol. The standard InChI is InChI=1S/C26H29N3O4S2.C2HF3O2/c30-24(26(32,22-8-4-16-34-22)23-9-5-17-35-23)33-21-18-29(13-10-19(21)11-14-29)15-12-27-25(31)28-20-6-2-1-3-7-20;3-2(4,5)1(6)7/h1-9,16-17,19,21,32H,10-15,18H2,(H-,27,28,31);(H,6,7)/t19?,21-,29?;/m0./s1. The average molecular weight is 626 g/mol. The third-order valence-electron chi connectivity index (χ3n) is 7.49. The summed E-state index contributed by atoms with van der Waals surface area (Å²) < 4.78 is 38.4. The van der Waals surface area contributed by atoms with Crippen molar-refractivity contribution in [1.29, 1.82) is 0 Å². The SMILES string of the molecule is O=C(NCC[N+]12CCC(CC1)[C@@H](OC(=O)C(O)(c1cccs1)c1cccs1)C2)Nc1ccccc1.O=C([O-])C(F)(F)F. The highest BCUT2D eigenvalue weighted by molar-refractivity contribution is 7.12. The topological polar surface area (TPSA) is 128 Å². The molecule has 3 N–H and O–H groups in total. The van der Waals surface area contributed by atoms with E-state index >= 15 is 0 Å². The number of amides is 2. The van der Waals surface area contributed by atoms with E-state index in [0.717, 1.165) is 42.6 Å². The van der Waals surface area contributed by atoms with Crippen LogP contribution in [-0.4, -0.2) is 72.6 Å². The molecule has 0 spiro atoms. The summed E-state index contributed by atoms with van der Waals surface area (Å²) in [5.41, 5.74) is -1.03. The summed E-state index contributed by atoms with van der Waals surface area (Å²) in [5.74, 6) is -3.30. The van der Waals surface area contributed by atoms with Crippen molar-refractivity contribution >= 4 is 46.3 Å².